The minimum Gasteiger partial charge on any atom is -0.481 e. The quantitative estimate of drug-likeness (QED) is 0.478. The molecule has 4 heteroatoms. The van der Waals surface area contributed by atoms with Gasteiger partial charge in [-0.1, -0.05) is 38.8 Å². The monoisotopic (exact) mass is 446 g/mol. The Morgan fingerprint density at radius 1 is 0.879 bits per heavy atom. The Hall–Kier alpha value is -2.33. The molecule has 0 radical (unpaired) electrons. The molecular formula is C29H38N2O2. The molecule has 0 unspecified atom stereocenters. The summed E-state index contributed by atoms with van der Waals surface area (Å²) in [6.07, 6.45) is 15.9. The molecule has 4 nitrogen and oxygen atoms in total. The molecule has 33 heavy (non-hydrogen) atoms. The summed E-state index contributed by atoms with van der Waals surface area (Å²) in [5.74, 6) is -0.842. The Morgan fingerprint density at radius 3 is 1.97 bits per heavy atom. The predicted molar refractivity (Wildman–Crippen MR) is 128 cm³/mol. The number of carboxylic acids is 1. The molecule has 4 aliphatic rings. The number of carboxylic acid groups (broad SMARTS) is 1. The fourth-order valence-corrected chi connectivity index (χ4v) is 8.41. The van der Waals surface area contributed by atoms with Crippen LogP contribution < -0.4 is 0 Å². The highest BCUT2D eigenvalue weighted by Crippen LogP contribution is 2.70. The van der Waals surface area contributed by atoms with Crippen molar-refractivity contribution in [1.82, 2.24) is 0 Å². The number of aliphatic carboxylic acids is 1. The van der Waals surface area contributed by atoms with Gasteiger partial charge in [0, 0.05) is 0 Å². The van der Waals surface area contributed by atoms with E-state index in [1.54, 1.807) is 18.2 Å². The standard InChI is InChI=1S/C29H38N2O2/c1-3-8-26-10-13-28(14-11-26,15-12-26)27(9-4-2)16-18-29(19-17-27,25(32)33)24-7-5-6-22(20-30)23(24)21-31/h5-7H,3-4,8-19H2,1-2H3,(H,32,33)/t26?,27-,28?,29+. The van der Waals surface area contributed by atoms with Gasteiger partial charge in [-0.15, -0.1) is 0 Å². The summed E-state index contributed by atoms with van der Waals surface area (Å²) in [4.78, 5) is 12.8. The average molecular weight is 447 g/mol. The molecular weight excluding hydrogens is 408 g/mol. The smallest absolute Gasteiger partial charge is 0.314 e. The number of carbonyl (C=O) groups is 1. The first-order valence-corrected chi connectivity index (χ1v) is 13.0. The number of nitrogens with zero attached hydrogens (tertiary/aromatic N) is 2. The maximum absolute atomic E-state index is 12.8. The predicted octanol–water partition coefficient (Wildman–Crippen LogP) is 7.25. The van der Waals surface area contributed by atoms with E-state index >= 15 is 0 Å². The van der Waals surface area contributed by atoms with Crippen LogP contribution in [0.4, 0.5) is 0 Å². The third-order valence-corrected chi connectivity index (χ3v) is 10.3. The number of rotatable bonds is 7. The molecule has 1 aromatic rings. The van der Waals surface area contributed by atoms with Crippen LogP contribution in [-0.2, 0) is 10.2 Å². The van der Waals surface area contributed by atoms with Crippen molar-refractivity contribution in [3.63, 3.8) is 0 Å². The second-order valence-electron chi connectivity index (χ2n) is 11.4. The largest absolute Gasteiger partial charge is 0.481 e. The van der Waals surface area contributed by atoms with Gasteiger partial charge in [0.25, 0.3) is 0 Å². The molecule has 0 spiro atoms. The molecule has 0 aliphatic heterocycles. The van der Waals surface area contributed by atoms with Gasteiger partial charge in [-0.25, -0.2) is 0 Å². The molecule has 4 fully saturated rings. The molecule has 4 aliphatic carbocycles. The number of nitriles is 2. The van der Waals surface area contributed by atoms with Crippen LogP contribution in [0.3, 0.4) is 0 Å². The van der Waals surface area contributed by atoms with Gasteiger partial charge in [0.05, 0.1) is 16.5 Å². The minimum atomic E-state index is -1.07. The van der Waals surface area contributed by atoms with Gasteiger partial charge in [-0.3, -0.25) is 4.79 Å². The Labute approximate surface area is 199 Å². The number of hydrogen-bond donors (Lipinski definition) is 1. The van der Waals surface area contributed by atoms with Crippen LogP contribution in [0.2, 0.25) is 0 Å². The summed E-state index contributed by atoms with van der Waals surface area (Å²) < 4.78 is 0. The van der Waals surface area contributed by atoms with E-state index < -0.39 is 11.4 Å². The third-order valence-electron chi connectivity index (χ3n) is 10.3. The number of fused-ring (bicyclic) bond motifs is 3. The highest BCUT2D eigenvalue weighted by atomic mass is 16.4. The molecule has 5 rings (SSSR count). The van der Waals surface area contributed by atoms with Gasteiger partial charge in [0.2, 0.25) is 0 Å². The van der Waals surface area contributed by atoms with Gasteiger partial charge in [0.15, 0.2) is 0 Å². The lowest BCUT2D eigenvalue weighted by molar-refractivity contribution is -0.154. The highest BCUT2D eigenvalue weighted by Gasteiger charge is 2.60. The van der Waals surface area contributed by atoms with Crippen molar-refractivity contribution < 1.29 is 9.90 Å². The Bertz CT molecular complexity index is 963. The fourth-order valence-electron chi connectivity index (χ4n) is 8.41. The Balaban J connectivity index is 1.67. The van der Waals surface area contributed by atoms with Crippen molar-refractivity contribution in [1.29, 1.82) is 10.5 Å². The Kier molecular flexibility index (Phi) is 6.34. The summed E-state index contributed by atoms with van der Waals surface area (Å²) in [7, 11) is 0. The van der Waals surface area contributed by atoms with E-state index in [9.17, 15) is 20.4 Å². The van der Waals surface area contributed by atoms with E-state index in [0.717, 1.165) is 19.3 Å². The lowest BCUT2D eigenvalue weighted by Gasteiger charge is -2.64. The number of hydrogen-bond acceptors (Lipinski definition) is 3. The van der Waals surface area contributed by atoms with Crippen LogP contribution in [-0.4, -0.2) is 11.1 Å². The molecule has 2 bridgehead atoms. The van der Waals surface area contributed by atoms with E-state index in [0.29, 0.717) is 29.2 Å². The second kappa shape index (κ2) is 8.79. The van der Waals surface area contributed by atoms with E-state index in [1.807, 2.05) is 0 Å². The van der Waals surface area contributed by atoms with Crippen LogP contribution in [0.25, 0.3) is 0 Å². The summed E-state index contributed by atoms with van der Waals surface area (Å²) in [6.45, 7) is 4.59. The lowest BCUT2D eigenvalue weighted by Crippen LogP contribution is -2.55. The minimum absolute atomic E-state index is 0.207. The molecule has 1 aromatic carbocycles. The zero-order valence-corrected chi connectivity index (χ0v) is 20.4. The molecule has 0 amide bonds. The van der Waals surface area contributed by atoms with Crippen molar-refractivity contribution in [3.8, 4) is 12.1 Å². The molecule has 0 saturated heterocycles. The second-order valence-corrected chi connectivity index (χ2v) is 11.4. The summed E-state index contributed by atoms with van der Waals surface area (Å²) in [5.41, 5.74) is 1.15. The highest BCUT2D eigenvalue weighted by molar-refractivity contribution is 5.83. The van der Waals surface area contributed by atoms with Crippen LogP contribution in [0.15, 0.2) is 18.2 Å². The van der Waals surface area contributed by atoms with Gasteiger partial charge >= 0.3 is 5.97 Å². The molecule has 4 saturated carbocycles. The summed E-state index contributed by atoms with van der Waals surface area (Å²) >= 11 is 0. The van der Waals surface area contributed by atoms with Crippen LogP contribution in [0, 0.1) is 38.9 Å². The van der Waals surface area contributed by atoms with Crippen molar-refractivity contribution in [2.45, 2.75) is 109 Å². The van der Waals surface area contributed by atoms with Crippen LogP contribution in [0.1, 0.15) is 120 Å². The van der Waals surface area contributed by atoms with E-state index in [2.05, 4.69) is 26.0 Å². The third kappa shape index (κ3) is 3.58. The SMILES string of the molecule is CCCC12CCC([C@]3(CCC)CC[C@@](C(=O)O)(c4cccc(C#N)c4C#N)CC3)(CC1)CC2. The molecule has 176 valence electrons. The van der Waals surface area contributed by atoms with Gasteiger partial charge in [0.1, 0.15) is 12.1 Å². The van der Waals surface area contributed by atoms with Crippen molar-refractivity contribution in [2.24, 2.45) is 16.2 Å². The van der Waals surface area contributed by atoms with Crippen LogP contribution >= 0.6 is 0 Å². The number of benzene rings is 1. The van der Waals surface area contributed by atoms with E-state index in [-0.39, 0.29) is 16.5 Å². The zero-order valence-electron chi connectivity index (χ0n) is 20.4. The Morgan fingerprint density at radius 2 is 1.48 bits per heavy atom. The fraction of sp³-hybridized carbons (Fsp3) is 0.690. The lowest BCUT2D eigenvalue weighted by atomic mass is 9.41. The average Bonchev–Trinajstić information content (AvgIpc) is 2.85. The van der Waals surface area contributed by atoms with Crippen molar-refractivity contribution >= 4 is 5.97 Å². The first-order valence-electron chi connectivity index (χ1n) is 13.0. The molecule has 1 N–H and O–H groups in total. The molecule has 0 heterocycles. The van der Waals surface area contributed by atoms with Crippen LogP contribution in [0.5, 0.6) is 0 Å². The topological polar surface area (TPSA) is 84.9 Å². The van der Waals surface area contributed by atoms with Gasteiger partial charge < -0.3 is 5.11 Å². The van der Waals surface area contributed by atoms with E-state index in [4.69, 9.17) is 0 Å². The van der Waals surface area contributed by atoms with E-state index in [1.165, 1.54) is 57.8 Å². The maximum Gasteiger partial charge on any atom is 0.314 e. The zero-order chi connectivity index (χ0) is 23.7. The molecule has 0 atom stereocenters. The van der Waals surface area contributed by atoms with Crippen molar-refractivity contribution in [3.05, 3.63) is 34.9 Å². The normalized spacial score (nSPS) is 35.5. The van der Waals surface area contributed by atoms with Gasteiger partial charge in [-0.2, -0.15) is 10.5 Å². The first kappa shape index (κ1) is 23.8. The maximum atomic E-state index is 12.8. The summed E-state index contributed by atoms with van der Waals surface area (Å²) in [5, 5.41) is 29.8. The van der Waals surface area contributed by atoms with Crippen molar-refractivity contribution in [2.75, 3.05) is 0 Å². The molecule has 0 aromatic heterocycles. The van der Waals surface area contributed by atoms with Gasteiger partial charge in [-0.05, 0) is 105 Å². The first-order chi connectivity index (χ1) is 15.9. The summed E-state index contributed by atoms with van der Waals surface area (Å²) in [6, 6.07) is 9.38.